The molecule has 1 saturated heterocycles. The van der Waals surface area contributed by atoms with Crippen molar-refractivity contribution >= 4 is 17.4 Å². The number of hydrogen-bond donors (Lipinski definition) is 1. The van der Waals surface area contributed by atoms with Crippen LogP contribution in [0, 0.1) is 0 Å². The first-order chi connectivity index (χ1) is 12.8. The molecule has 0 atom stereocenters. The number of piperidine rings is 1. The highest BCUT2D eigenvalue weighted by molar-refractivity contribution is 6.05. The molecule has 1 aliphatic heterocycles. The number of hydrogen-bond acceptors (Lipinski definition) is 6. The van der Waals surface area contributed by atoms with Gasteiger partial charge in [-0.25, -0.2) is 9.67 Å². The maximum atomic E-state index is 12.6. The summed E-state index contributed by atoms with van der Waals surface area (Å²) >= 11 is 0. The Morgan fingerprint density at radius 1 is 1.04 bits per heavy atom. The first-order valence-electron chi connectivity index (χ1n) is 8.66. The van der Waals surface area contributed by atoms with Crippen LogP contribution in [0.3, 0.4) is 0 Å². The summed E-state index contributed by atoms with van der Waals surface area (Å²) in [6.07, 6.45) is 6.83. The fourth-order valence-electron chi connectivity index (χ4n) is 3.09. The van der Waals surface area contributed by atoms with Gasteiger partial charge in [-0.1, -0.05) is 0 Å². The molecule has 0 unspecified atom stereocenters. The van der Waals surface area contributed by atoms with E-state index in [2.05, 4.69) is 30.7 Å². The molecule has 0 spiro atoms. The van der Waals surface area contributed by atoms with Crippen LogP contribution in [0.4, 0.5) is 11.5 Å². The van der Waals surface area contributed by atoms with Gasteiger partial charge in [-0.15, -0.1) is 5.10 Å². The Labute approximate surface area is 150 Å². The molecule has 3 aromatic rings. The van der Waals surface area contributed by atoms with Crippen molar-refractivity contribution in [1.82, 2.24) is 25.2 Å². The smallest absolute Gasteiger partial charge is 0.255 e. The lowest BCUT2D eigenvalue weighted by Crippen LogP contribution is -2.31. The minimum Gasteiger partial charge on any atom is -0.355 e. The second-order valence-corrected chi connectivity index (χ2v) is 6.18. The molecule has 0 aliphatic carbocycles. The Bertz CT molecular complexity index is 871. The quantitative estimate of drug-likeness (QED) is 0.777. The van der Waals surface area contributed by atoms with Gasteiger partial charge in [-0.2, -0.15) is 0 Å². The lowest BCUT2D eigenvalue weighted by Gasteiger charge is -2.29. The van der Waals surface area contributed by atoms with Crippen LogP contribution in [0.15, 0.2) is 48.9 Å². The van der Waals surface area contributed by atoms with Gasteiger partial charge < -0.3 is 10.2 Å². The second kappa shape index (κ2) is 7.30. The number of carbonyl (C=O) groups excluding carboxylic acids is 1. The first-order valence-corrected chi connectivity index (χ1v) is 8.66. The van der Waals surface area contributed by atoms with Crippen molar-refractivity contribution in [3.05, 3.63) is 54.5 Å². The van der Waals surface area contributed by atoms with E-state index in [4.69, 9.17) is 0 Å². The van der Waals surface area contributed by atoms with E-state index < -0.39 is 0 Å². The van der Waals surface area contributed by atoms with Gasteiger partial charge in [0, 0.05) is 24.8 Å². The van der Waals surface area contributed by atoms with E-state index in [9.17, 15) is 4.79 Å². The van der Waals surface area contributed by atoms with Crippen molar-refractivity contribution in [2.75, 3.05) is 23.3 Å². The van der Waals surface area contributed by atoms with Crippen molar-refractivity contribution < 1.29 is 4.79 Å². The Balaban J connectivity index is 1.51. The van der Waals surface area contributed by atoms with Gasteiger partial charge in [-0.3, -0.25) is 4.79 Å². The molecule has 1 fully saturated rings. The minimum absolute atomic E-state index is 0.167. The summed E-state index contributed by atoms with van der Waals surface area (Å²) in [5.41, 5.74) is 2.10. The highest BCUT2D eigenvalue weighted by Gasteiger charge is 2.17. The van der Waals surface area contributed by atoms with Crippen molar-refractivity contribution in [3.8, 4) is 5.69 Å². The van der Waals surface area contributed by atoms with Gasteiger partial charge in [0.15, 0.2) is 5.82 Å². The van der Waals surface area contributed by atoms with Crippen LogP contribution in [0.5, 0.6) is 0 Å². The van der Waals surface area contributed by atoms with E-state index >= 15 is 0 Å². The van der Waals surface area contributed by atoms with Gasteiger partial charge in [0.1, 0.15) is 6.33 Å². The number of anilines is 2. The highest BCUT2D eigenvalue weighted by atomic mass is 16.1. The van der Waals surface area contributed by atoms with E-state index in [0.717, 1.165) is 43.1 Å². The number of nitrogens with one attached hydrogen (secondary N) is 1. The highest BCUT2D eigenvalue weighted by Crippen LogP contribution is 2.26. The number of aromatic nitrogens is 5. The average molecular weight is 349 g/mol. The lowest BCUT2D eigenvalue weighted by molar-refractivity contribution is 0.102. The van der Waals surface area contributed by atoms with Crippen LogP contribution in [-0.4, -0.2) is 44.2 Å². The summed E-state index contributed by atoms with van der Waals surface area (Å²) < 4.78 is 1.54. The van der Waals surface area contributed by atoms with E-state index in [1.807, 2.05) is 12.1 Å². The number of benzene rings is 1. The van der Waals surface area contributed by atoms with Crippen LogP contribution in [-0.2, 0) is 0 Å². The summed E-state index contributed by atoms with van der Waals surface area (Å²) in [5.74, 6) is 0.672. The van der Waals surface area contributed by atoms with Crippen LogP contribution in [0.25, 0.3) is 5.69 Å². The average Bonchev–Trinajstić information content (AvgIpc) is 3.24. The summed E-state index contributed by atoms with van der Waals surface area (Å²) in [7, 11) is 0. The molecule has 3 heterocycles. The largest absolute Gasteiger partial charge is 0.355 e. The standard InChI is InChI=1S/C18H19N7O/c26-18(14-6-8-15(9-7-14)25-13-20-22-23-25)21-16-5-4-10-19-17(16)24-11-2-1-3-12-24/h4-10,13H,1-3,11-12H2,(H,21,26). The Hall–Kier alpha value is -3.29. The maximum absolute atomic E-state index is 12.6. The first kappa shape index (κ1) is 16.2. The van der Waals surface area contributed by atoms with Gasteiger partial charge in [-0.05, 0) is 66.1 Å². The molecule has 1 amide bonds. The number of carbonyl (C=O) groups is 1. The van der Waals surface area contributed by atoms with Crippen LogP contribution < -0.4 is 10.2 Å². The molecule has 0 radical (unpaired) electrons. The lowest BCUT2D eigenvalue weighted by atomic mass is 10.1. The van der Waals surface area contributed by atoms with Gasteiger partial charge >= 0.3 is 0 Å². The van der Waals surface area contributed by atoms with Crippen LogP contribution in [0.1, 0.15) is 29.6 Å². The molecular weight excluding hydrogens is 330 g/mol. The van der Waals surface area contributed by atoms with Crippen LogP contribution >= 0.6 is 0 Å². The third-order valence-corrected chi connectivity index (χ3v) is 4.43. The molecule has 132 valence electrons. The topological polar surface area (TPSA) is 88.8 Å². The van der Waals surface area contributed by atoms with Crippen LogP contribution in [0.2, 0.25) is 0 Å². The number of tetrazole rings is 1. The predicted octanol–water partition coefficient (Wildman–Crippen LogP) is 2.30. The number of pyridine rings is 1. The van der Waals surface area contributed by atoms with Crippen molar-refractivity contribution in [2.45, 2.75) is 19.3 Å². The van der Waals surface area contributed by atoms with E-state index in [0.29, 0.717) is 5.56 Å². The molecule has 1 aromatic carbocycles. The molecule has 8 heteroatoms. The molecule has 4 rings (SSSR count). The fourth-order valence-corrected chi connectivity index (χ4v) is 3.09. The Kier molecular flexibility index (Phi) is 4.55. The fraction of sp³-hybridized carbons (Fsp3) is 0.278. The van der Waals surface area contributed by atoms with Crippen molar-refractivity contribution in [2.24, 2.45) is 0 Å². The third kappa shape index (κ3) is 3.39. The molecule has 2 aromatic heterocycles. The van der Waals surface area contributed by atoms with E-state index in [1.165, 1.54) is 17.4 Å². The minimum atomic E-state index is -0.167. The SMILES string of the molecule is O=C(Nc1cccnc1N1CCCCC1)c1ccc(-n2cnnn2)cc1. The monoisotopic (exact) mass is 349 g/mol. The second-order valence-electron chi connectivity index (χ2n) is 6.18. The maximum Gasteiger partial charge on any atom is 0.255 e. The Morgan fingerprint density at radius 2 is 1.85 bits per heavy atom. The number of rotatable bonds is 4. The summed E-state index contributed by atoms with van der Waals surface area (Å²) in [4.78, 5) is 19.4. The van der Waals surface area contributed by atoms with Crippen molar-refractivity contribution in [1.29, 1.82) is 0 Å². The molecule has 26 heavy (non-hydrogen) atoms. The Morgan fingerprint density at radius 3 is 2.58 bits per heavy atom. The van der Waals surface area contributed by atoms with E-state index in [-0.39, 0.29) is 5.91 Å². The zero-order valence-electron chi connectivity index (χ0n) is 14.2. The zero-order valence-corrected chi connectivity index (χ0v) is 14.2. The van der Waals surface area contributed by atoms with E-state index in [1.54, 1.807) is 30.5 Å². The predicted molar refractivity (Wildman–Crippen MR) is 97.4 cm³/mol. The number of amides is 1. The molecular formula is C18H19N7O. The van der Waals surface area contributed by atoms with Crippen molar-refractivity contribution in [3.63, 3.8) is 0 Å². The summed E-state index contributed by atoms with van der Waals surface area (Å²) in [5, 5.41) is 14.0. The normalized spacial score (nSPS) is 14.2. The molecule has 8 nitrogen and oxygen atoms in total. The summed E-state index contributed by atoms with van der Waals surface area (Å²) in [6.45, 7) is 1.95. The summed E-state index contributed by atoms with van der Waals surface area (Å²) in [6, 6.07) is 10.8. The van der Waals surface area contributed by atoms with Gasteiger partial charge in [0.2, 0.25) is 0 Å². The van der Waals surface area contributed by atoms with Gasteiger partial charge in [0.05, 0.1) is 11.4 Å². The molecule has 1 aliphatic rings. The zero-order chi connectivity index (χ0) is 17.8. The number of nitrogens with zero attached hydrogens (tertiary/aromatic N) is 6. The molecule has 0 bridgehead atoms. The molecule has 0 saturated carbocycles. The third-order valence-electron chi connectivity index (χ3n) is 4.43. The van der Waals surface area contributed by atoms with Gasteiger partial charge in [0.25, 0.3) is 5.91 Å². The molecule has 1 N–H and O–H groups in total.